The number of ether oxygens (including phenoxy) is 1. The SMILES string of the molecule is CC(=O)Oc1cc(O)c(C([O-])=CC=C2C=CC=C2)c(OB(F)F)c1.[Fe+2].c1cc[cH-]c1. The molecule has 0 aromatic heterocycles. The van der Waals surface area contributed by atoms with Crippen LogP contribution in [-0.2, 0) is 21.9 Å². The fraction of sp³-hybridized carbons (Fsp3) is 0.0476. The Labute approximate surface area is 183 Å². The summed E-state index contributed by atoms with van der Waals surface area (Å²) >= 11 is 0. The Morgan fingerprint density at radius 1 is 1.20 bits per heavy atom. The van der Waals surface area contributed by atoms with Gasteiger partial charge in [0.2, 0.25) is 0 Å². The maximum absolute atomic E-state index is 12.6. The van der Waals surface area contributed by atoms with Crippen molar-refractivity contribution in [2.24, 2.45) is 0 Å². The maximum Gasteiger partial charge on any atom is 2.00 e. The summed E-state index contributed by atoms with van der Waals surface area (Å²) in [5.41, 5.74) is 0.282. The van der Waals surface area contributed by atoms with Gasteiger partial charge in [-0.2, -0.15) is 18.2 Å². The number of aromatic hydroxyl groups is 1. The van der Waals surface area contributed by atoms with Crippen LogP contribution in [0, 0.1) is 0 Å². The van der Waals surface area contributed by atoms with Crippen molar-refractivity contribution >= 4 is 19.2 Å². The molecule has 156 valence electrons. The van der Waals surface area contributed by atoms with Crippen LogP contribution in [0.1, 0.15) is 12.5 Å². The fourth-order valence-electron chi connectivity index (χ4n) is 2.31. The number of hydrogen-bond donors (Lipinski definition) is 1. The molecule has 5 nitrogen and oxygen atoms in total. The zero-order chi connectivity index (χ0) is 21.2. The van der Waals surface area contributed by atoms with E-state index >= 15 is 0 Å². The molecule has 0 saturated heterocycles. The molecule has 0 aliphatic heterocycles. The molecule has 0 spiro atoms. The van der Waals surface area contributed by atoms with Crippen LogP contribution in [0.3, 0.4) is 0 Å². The minimum atomic E-state index is -3.22. The van der Waals surface area contributed by atoms with E-state index in [9.17, 15) is 23.6 Å². The Morgan fingerprint density at radius 3 is 2.33 bits per heavy atom. The first-order valence-electron chi connectivity index (χ1n) is 8.48. The Hall–Kier alpha value is -3.16. The monoisotopic (exact) mass is 454 g/mol. The number of phenols is 1. The van der Waals surface area contributed by atoms with Crippen molar-refractivity contribution in [2.75, 3.05) is 0 Å². The van der Waals surface area contributed by atoms with Crippen molar-refractivity contribution in [1.29, 1.82) is 0 Å². The van der Waals surface area contributed by atoms with E-state index in [1.54, 1.807) is 24.3 Å². The molecule has 2 aromatic rings. The molecule has 2 aromatic carbocycles. The van der Waals surface area contributed by atoms with Gasteiger partial charge in [0.15, 0.2) is 0 Å². The van der Waals surface area contributed by atoms with E-state index in [-0.39, 0.29) is 22.8 Å². The molecule has 0 unspecified atom stereocenters. The number of benzene rings is 1. The standard InChI is InChI=1S/C16H13BF2O5.C5H5.Fe/c1-10(20)23-12-8-14(22)16(15(9-12)24-17(18)19)13(21)7-6-11-4-2-3-5-11;1-2-4-5-3-1;/h2-9,21-22H,1H3;1-5H;/q;-1;+2/p-1. The smallest absolute Gasteiger partial charge is 0.872 e. The van der Waals surface area contributed by atoms with E-state index in [0.29, 0.717) is 0 Å². The third kappa shape index (κ3) is 8.07. The summed E-state index contributed by atoms with van der Waals surface area (Å²) in [6, 6.07) is 11.9. The van der Waals surface area contributed by atoms with Crippen molar-refractivity contribution in [2.45, 2.75) is 6.92 Å². The second-order valence-electron chi connectivity index (χ2n) is 5.67. The van der Waals surface area contributed by atoms with E-state index in [1.807, 2.05) is 30.3 Å². The van der Waals surface area contributed by atoms with Gasteiger partial charge < -0.3 is 19.6 Å². The van der Waals surface area contributed by atoms with Gasteiger partial charge in [0.05, 0.1) is 0 Å². The number of hydrogen-bond acceptors (Lipinski definition) is 5. The molecular weight excluding hydrogens is 437 g/mol. The molecule has 3 rings (SSSR count). The van der Waals surface area contributed by atoms with Gasteiger partial charge in [-0.05, 0) is 5.57 Å². The van der Waals surface area contributed by atoms with Gasteiger partial charge in [-0.3, -0.25) is 4.79 Å². The molecule has 0 amide bonds. The summed E-state index contributed by atoms with van der Waals surface area (Å²) in [4.78, 5) is 10.9. The molecule has 0 atom stereocenters. The predicted octanol–water partition coefficient (Wildman–Crippen LogP) is 3.78. The number of esters is 1. The Balaban J connectivity index is 0.000000655. The van der Waals surface area contributed by atoms with Crippen molar-refractivity contribution in [3.05, 3.63) is 90.1 Å². The van der Waals surface area contributed by atoms with Crippen LogP contribution in [0.5, 0.6) is 17.2 Å². The van der Waals surface area contributed by atoms with E-state index in [0.717, 1.165) is 30.7 Å². The van der Waals surface area contributed by atoms with Gasteiger partial charge in [-0.1, -0.05) is 42.2 Å². The summed E-state index contributed by atoms with van der Waals surface area (Å²) in [5, 5.41) is 22.2. The summed E-state index contributed by atoms with van der Waals surface area (Å²) in [6.45, 7) is 1.10. The number of carbonyl (C=O) groups is 1. The number of halogens is 2. The van der Waals surface area contributed by atoms with Crippen LogP contribution in [0.25, 0.3) is 5.76 Å². The zero-order valence-corrected chi connectivity index (χ0v) is 16.9. The second kappa shape index (κ2) is 12.4. The van der Waals surface area contributed by atoms with Crippen molar-refractivity contribution < 1.29 is 50.1 Å². The van der Waals surface area contributed by atoms with Gasteiger partial charge in [-0.25, -0.2) is 20.8 Å². The first-order chi connectivity index (χ1) is 13.9. The van der Waals surface area contributed by atoms with Gasteiger partial charge >= 0.3 is 30.5 Å². The third-order valence-corrected chi connectivity index (χ3v) is 3.45. The van der Waals surface area contributed by atoms with Crippen LogP contribution >= 0.6 is 0 Å². The van der Waals surface area contributed by atoms with E-state index in [1.165, 1.54) is 6.08 Å². The topological polar surface area (TPSA) is 78.8 Å². The molecule has 0 radical (unpaired) electrons. The van der Waals surface area contributed by atoms with Gasteiger partial charge in [0, 0.05) is 24.6 Å². The normalized spacial score (nSPS) is 11.8. The molecule has 1 aliphatic rings. The first kappa shape index (κ1) is 24.9. The third-order valence-electron chi connectivity index (χ3n) is 3.45. The quantitative estimate of drug-likeness (QED) is 0.245. The minimum Gasteiger partial charge on any atom is -0.872 e. The van der Waals surface area contributed by atoms with Crippen LogP contribution in [-0.4, -0.2) is 18.5 Å². The second-order valence-corrected chi connectivity index (χ2v) is 5.67. The molecule has 1 N–H and O–H groups in total. The average Bonchev–Trinajstić information content (AvgIpc) is 3.35. The number of rotatable bonds is 5. The van der Waals surface area contributed by atoms with Gasteiger partial charge in [-0.15, -0.1) is 0 Å². The molecule has 1 aliphatic carbocycles. The predicted molar refractivity (Wildman–Crippen MR) is 104 cm³/mol. The molecule has 0 heterocycles. The van der Waals surface area contributed by atoms with Crippen LogP contribution in [0.2, 0.25) is 0 Å². The largest absolute Gasteiger partial charge is 2.00 e. The summed E-state index contributed by atoms with van der Waals surface area (Å²) in [6.07, 6.45) is 9.60. The maximum atomic E-state index is 12.6. The Morgan fingerprint density at radius 2 is 1.83 bits per heavy atom. The van der Waals surface area contributed by atoms with E-state index in [4.69, 9.17) is 4.74 Å². The van der Waals surface area contributed by atoms with Gasteiger partial charge in [0.25, 0.3) is 0 Å². The summed E-state index contributed by atoms with van der Waals surface area (Å²) in [5.74, 6) is -2.89. The van der Waals surface area contributed by atoms with Crippen LogP contribution in [0.15, 0.2) is 84.5 Å². The number of phenolic OH excluding ortho intramolecular Hbond substituents is 1. The van der Waals surface area contributed by atoms with E-state index in [2.05, 4.69) is 4.65 Å². The van der Waals surface area contributed by atoms with Crippen LogP contribution in [0.4, 0.5) is 8.63 Å². The van der Waals surface area contributed by atoms with Crippen LogP contribution < -0.4 is 14.5 Å². The molecular formula is C21H17BF2FeO5. The first-order valence-corrected chi connectivity index (χ1v) is 8.48. The van der Waals surface area contributed by atoms with Crippen molar-refractivity contribution in [1.82, 2.24) is 0 Å². The summed E-state index contributed by atoms with van der Waals surface area (Å²) < 4.78 is 34.1. The fourth-order valence-corrected chi connectivity index (χ4v) is 2.31. The molecule has 9 heteroatoms. The van der Waals surface area contributed by atoms with Gasteiger partial charge in [0.1, 0.15) is 17.2 Å². The van der Waals surface area contributed by atoms with Crippen molar-refractivity contribution in [3.8, 4) is 17.2 Å². The Kier molecular flexibility index (Phi) is 10.3. The zero-order valence-electron chi connectivity index (χ0n) is 15.8. The molecule has 0 bridgehead atoms. The minimum absolute atomic E-state index is 0. The molecule has 0 saturated carbocycles. The van der Waals surface area contributed by atoms with Crippen molar-refractivity contribution in [3.63, 3.8) is 0 Å². The average molecular weight is 454 g/mol. The van der Waals surface area contributed by atoms with E-state index < -0.39 is 36.3 Å². The molecule has 0 fully saturated rings. The molecule has 30 heavy (non-hydrogen) atoms. The Bertz CT molecular complexity index is 919. The number of allylic oxidation sites excluding steroid dienone is 7. The summed E-state index contributed by atoms with van der Waals surface area (Å²) in [7, 11) is -3.22. The number of carbonyl (C=O) groups excluding carboxylic acids is 1.